The topological polar surface area (TPSA) is 13.1 Å². The van der Waals surface area contributed by atoms with Crippen molar-refractivity contribution in [1.29, 1.82) is 0 Å². The highest BCUT2D eigenvalue weighted by molar-refractivity contribution is 6.07. The largest absolute Gasteiger partial charge is 0.455 e. The summed E-state index contributed by atoms with van der Waals surface area (Å²) in [4.78, 5) is 0. The van der Waals surface area contributed by atoms with E-state index < -0.39 is 0 Å². The van der Waals surface area contributed by atoms with Gasteiger partial charge in [0.05, 0.1) is 10.9 Å². The number of pyridine rings is 1. The molecule has 2 heterocycles. The van der Waals surface area contributed by atoms with Gasteiger partial charge in [0.1, 0.15) is 18.5 Å². The molecule has 4 bridgehead atoms. The van der Waals surface area contributed by atoms with Crippen molar-refractivity contribution in [2.75, 3.05) is 0 Å². The summed E-state index contributed by atoms with van der Waals surface area (Å²) in [6, 6.07) is 14.3. The summed E-state index contributed by atoms with van der Waals surface area (Å²) in [6.45, 7) is 2.31. The summed E-state index contributed by atoms with van der Waals surface area (Å²) in [7, 11) is 2.21. The lowest BCUT2D eigenvalue weighted by Crippen LogP contribution is -2.48. The molecule has 1 aliphatic heterocycles. The predicted molar refractivity (Wildman–Crippen MR) is 145 cm³/mol. The molecule has 5 aliphatic carbocycles. The average Bonchev–Trinajstić information content (AvgIpc) is 2.87. The maximum absolute atomic E-state index is 7.09. The fraction of sp³-hybridized carbons (Fsp3) is 0.441. The molecule has 0 unspecified atom stereocenters. The number of hydrogen-bond acceptors (Lipinski definition) is 1. The minimum Gasteiger partial charge on any atom is -0.455 e. The van der Waals surface area contributed by atoms with E-state index in [-0.39, 0.29) is 0 Å². The Morgan fingerprint density at radius 3 is 2.47 bits per heavy atom. The van der Waals surface area contributed by atoms with Gasteiger partial charge in [-0.3, -0.25) is 0 Å². The molecule has 1 aromatic heterocycles. The Bertz CT molecular complexity index is 1610. The number of aryl methyl sites for hydroxylation is 4. The van der Waals surface area contributed by atoms with Crippen molar-refractivity contribution in [2.24, 2.45) is 24.8 Å². The van der Waals surface area contributed by atoms with Crippen molar-refractivity contribution in [1.82, 2.24) is 0 Å². The third-order valence-corrected chi connectivity index (χ3v) is 10.9. The summed E-state index contributed by atoms with van der Waals surface area (Å²) in [5.41, 5.74) is 8.91. The second kappa shape index (κ2) is 6.71. The Hall–Kier alpha value is -2.87. The van der Waals surface area contributed by atoms with E-state index in [4.69, 9.17) is 4.74 Å². The van der Waals surface area contributed by atoms with E-state index in [0.29, 0.717) is 5.41 Å². The van der Waals surface area contributed by atoms with Gasteiger partial charge in [-0.15, -0.1) is 0 Å². The van der Waals surface area contributed by atoms with Gasteiger partial charge >= 0.3 is 0 Å². The first-order chi connectivity index (χ1) is 17.6. The zero-order valence-electron chi connectivity index (χ0n) is 21.5. The molecule has 4 fully saturated rings. The molecule has 0 radical (unpaired) electrons. The molecule has 0 N–H and O–H groups in total. The Labute approximate surface area is 213 Å². The van der Waals surface area contributed by atoms with Gasteiger partial charge in [-0.2, -0.15) is 0 Å². The SMILES string of the molecule is Cc1c2c(c3c4c(cccc14)CCC3)Oc1cc(C34CC5CC(CC(C5)C3)C4)cc3cc[n+](C)c-2c13. The standard InChI is InChI=1S/C34H34NO/c1-19-26-7-3-5-23-6-4-8-27(30(23)26)33-29(19)32-31-24(9-10-35(32)2)14-25(15-28(31)36-33)34-16-20-11-21(17-34)13-22(12-20)18-34/h3,5,7,9-10,14-15,20-22H,4,6,8,11-13,16-18H2,1-2H3/q+1. The van der Waals surface area contributed by atoms with Crippen LogP contribution in [0.25, 0.3) is 32.8 Å². The van der Waals surface area contributed by atoms with Crippen LogP contribution in [-0.2, 0) is 25.3 Å². The van der Waals surface area contributed by atoms with E-state index >= 15 is 0 Å². The Morgan fingerprint density at radius 2 is 1.69 bits per heavy atom. The van der Waals surface area contributed by atoms with Crippen LogP contribution >= 0.6 is 0 Å². The van der Waals surface area contributed by atoms with Crippen molar-refractivity contribution in [2.45, 2.75) is 70.1 Å². The van der Waals surface area contributed by atoms with Crippen molar-refractivity contribution < 1.29 is 9.30 Å². The monoisotopic (exact) mass is 472 g/mol. The number of aromatic nitrogens is 1. The summed E-state index contributed by atoms with van der Waals surface area (Å²) in [5, 5.41) is 5.55. The first-order valence-corrected chi connectivity index (χ1v) is 14.3. The maximum atomic E-state index is 7.09. The van der Waals surface area contributed by atoms with Gasteiger partial charge in [-0.05, 0) is 133 Å². The van der Waals surface area contributed by atoms with Crippen LogP contribution in [0.3, 0.4) is 0 Å². The molecule has 0 atom stereocenters. The van der Waals surface area contributed by atoms with Crippen molar-refractivity contribution in [3.63, 3.8) is 0 Å². The lowest BCUT2D eigenvalue weighted by atomic mass is 9.48. The van der Waals surface area contributed by atoms with Crippen LogP contribution in [0.1, 0.15) is 67.2 Å². The molecule has 6 aliphatic rings. The maximum Gasteiger partial charge on any atom is 0.228 e. The Balaban J connectivity index is 1.33. The third-order valence-electron chi connectivity index (χ3n) is 10.9. The second-order valence-electron chi connectivity index (χ2n) is 13.0. The lowest BCUT2D eigenvalue weighted by molar-refractivity contribution is -0.659. The van der Waals surface area contributed by atoms with Crippen LogP contribution in [0, 0.1) is 24.7 Å². The summed E-state index contributed by atoms with van der Waals surface area (Å²) >= 11 is 0. The van der Waals surface area contributed by atoms with Gasteiger partial charge in [0.2, 0.25) is 5.69 Å². The van der Waals surface area contributed by atoms with Crippen LogP contribution in [0.15, 0.2) is 42.6 Å². The highest BCUT2D eigenvalue weighted by atomic mass is 16.5. The minimum absolute atomic E-state index is 0.377. The van der Waals surface area contributed by atoms with Crippen LogP contribution in [0.5, 0.6) is 11.5 Å². The van der Waals surface area contributed by atoms with E-state index in [1.165, 1.54) is 101 Å². The minimum atomic E-state index is 0.377. The van der Waals surface area contributed by atoms with Crippen molar-refractivity contribution in [3.05, 3.63) is 64.8 Å². The number of fused-ring (bicyclic) bond motifs is 3. The highest BCUT2D eigenvalue weighted by Gasteiger charge is 2.52. The number of hydrogen-bond donors (Lipinski definition) is 0. The molecule has 2 heteroatoms. The number of rotatable bonds is 1. The second-order valence-corrected chi connectivity index (χ2v) is 13.0. The first kappa shape index (κ1) is 20.2. The van der Waals surface area contributed by atoms with E-state index in [0.717, 1.165) is 35.7 Å². The molecule has 10 rings (SSSR count). The van der Waals surface area contributed by atoms with Gasteiger partial charge in [-0.25, -0.2) is 4.57 Å². The van der Waals surface area contributed by atoms with Crippen LogP contribution in [-0.4, -0.2) is 0 Å². The molecule has 4 saturated carbocycles. The predicted octanol–water partition coefficient (Wildman–Crippen LogP) is 7.86. The average molecular weight is 473 g/mol. The molecule has 0 spiro atoms. The molecule has 0 amide bonds. The molecule has 3 aromatic carbocycles. The quantitative estimate of drug-likeness (QED) is 0.226. The van der Waals surface area contributed by atoms with Crippen molar-refractivity contribution >= 4 is 21.5 Å². The van der Waals surface area contributed by atoms with Gasteiger partial charge in [0.15, 0.2) is 6.20 Å². The van der Waals surface area contributed by atoms with Crippen LogP contribution < -0.4 is 9.30 Å². The van der Waals surface area contributed by atoms with Crippen molar-refractivity contribution in [3.8, 4) is 22.8 Å². The number of benzene rings is 3. The van der Waals surface area contributed by atoms with Gasteiger partial charge < -0.3 is 4.74 Å². The molecule has 36 heavy (non-hydrogen) atoms. The molecular formula is C34H34NO+. The lowest BCUT2D eigenvalue weighted by Gasteiger charge is -2.57. The third kappa shape index (κ3) is 2.46. The van der Waals surface area contributed by atoms with E-state index in [9.17, 15) is 0 Å². The van der Waals surface area contributed by atoms with E-state index in [1.54, 1.807) is 5.56 Å². The number of ether oxygens (including phenoxy) is 1. The molecule has 4 aromatic rings. The van der Waals surface area contributed by atoms with Crippen LogP contribution in [0.2, 0.25) is 0 Å². The smallest absolute Gasteiger partial charge is 0.228 e. The zero-order chi connectivity index (χ0) is 23.8. The molecule has 2 nitrogen and oxygen atoms in total. The van der Waals surface area contributed by atoms with Gasteiger partial charge in [0.25, 0.3) is 0 Å². The van der Waals surface area contributed by atoms with E-state index in [2.05, 4.69) is 61.1 Å². The fourth-order valence-electron chi connectivity index (χ4n) is 9.87. The van der Waals surface area contributed by atoms with Gasteiger partial charge in [-0.1, -0.05) is 18.2 Å². The Kier molecular flexibility index (Phi) is 3.77. The first-order valence-electron chi connectivity index (χ1n) is 14.3. The van der Waals surface area contributed by atoms with E-state index in [1.807, 2.05) is 0 Å². The molecular weight excluding hydrogens is 438 g/mol. The fourth-order valence-corrected chi connectivity index (χ4v) is 9.87. The van der Waals surface area contributed by atoms with Crippen LogP contribution in [0.4, 0.5) is 0 Å². The summed E-state index contributed by atoms with van der Waals surface area (Å²) in [6.07, 6.45) is 14.4. The molecule has 0 saturated heterocycles. The summed E-state index contributed by atoms with van der Waals surface area (Å²) < 4.78 is 9.44. The van der Waals surface area contributed by atoms with Gasteiger partial charge in [0, 0.05) is 11.6 Å². The summed E-state index contributed by atoms with van der Waals surface area (Å²) in [5.74, 6) is 5.10. The highest BCUT2D eigenvalue weighted by Crippen LogP contribution is 2.62. The number of nitrogens with zero attached hydrogens (tertiary/aromatic N) is 1. The Morgan fingerprint density at radius 1 is 0.917 bits per heavy atom. The zero-order valence-corrected chi connectivity index (χ0v) is 21.5. The normalized spacial score (nSPS) is 29.0. The molecule has 180 valence electrons.